The fourth-order valence-electron chi connectivity index (χ4n) is 2.19. The van der Waals surface area contributed by atoms with Crippen LogP contribution in [-0.2, 0) is 11.3 Å². The summed E-state index contributed by atoms with van der Waals surface area (Å²) >= 11 is 1.44. The highest BCUT2D eigenvalue weighted by molar-refractivity contribution is 7.19. The third-order valence-corrected chi connectivity index (χ3v) is 4.37. The lowest BCUT2D eigenvalue weighted by atomic mass is 10.2. The Labute approximate surface area is 144 Å². The number of nitrogen functional groups attached to an aromatic ring is 1. The second-order valence-electron chi connectivity index (χ2n) is 5.29. The summed E-state index contributed by atoms with van der Waals surface area (Å²) in [6, 6.07) is 17.5. The molecule has 0 aliphatic rings. The first-order valence-electron chi connectivity index (χ1n) is 7.57. The molecule has 122 valence electrons. The van der Waals surface area contributed by atoms with Crippen molar-refractivity contribution in [3.63, 3.8) is 0 Å². The molecule has 24 heavy (non-hydrogen) atoms. The monoisotopic (exact) mass is 338 g/mol. The lowest BCUT2D eigenvalue weighted by Crippen LogP contribution is -2.27. The van der Waals surface area contributed by atoms with Gasteiger partial charge in [0.1, 0.15) is 0 Å². The summed E-state index contributed by atoms with van der Waals surface area (Å²) in [5, 5.41) is 6.52. The van der Waals surface area contributed by atoms with Gasteiger partial charge in [-0.25, -0.2) is 4.98 Å². The highest BCUT2D eigenvalue weighted by Gasteiger charge is 2.08. The first-order chi connectivity index (χ1) is 11.7. The minimum atomic E-state index is -0.107. The number of thiazole rings is 1. The molecule has 3 aromatic rings. The van der Waals surface area contributed by atoms with Crippen LogP contribution in [0.4, 0.5) is 10.8 Å². The van der Waals surface area contributed by atoms with Crippen LogP contribution in [-0.4, -0.2) is 17.4 Å². The number of aromatic nitrogens is 1. The highest BCUT2D eigenvalue weighted by atomic mass is 32.1. The lowest BCUT2D eigenvalue weighted by molar-refractivity contribution is -0.115. The molecule has 0 atom stereocenters. The highest BCUT2D eigenvalue weighted by Crippen LogP contribution is 2.29. The zero-order valence-electron chi connectivity index (χ0n) is 13.0. The Balaban J connectivity index is 1.51. The summed E-state index contributed by atoms with van der Waals surface area (Å²) in [7, 11) is 0. The molecule has 0 fully saturated rings. The Morgan fingerprint density at radius 2 is 1.83 bits per heavy atom. The molecule has 0 saturated heterocycles. The van der Waals surface area contributed by atoms with Crippen LogP contribution in [0.2, 0.25) is 0 Å². The normalized spacial score (nSPS) is 10.5. The second-order valence-corrected chi connectivity index (χ2v) is 6.32. The van der Waals surface area contributed by atoms with Crippen LogP contribution in [0.25, 0.3) is 10.4 Å². The Hall–Kier alpha value is -2.70. The lowest BCUT2D eigenvalue weighted by Gasteiger charge is -2.04. The molecule has 0 aliphatic heterocycles. The van der Waals surface area contributed by atoms with E-state index in [0.29, 0.717) is 11.7 Å². The molecule has 0 aliphatic carbocycles. The Morgan fingerprint density at radius 1 is 1.08 bits per heavy atom. The predicted molar refractivity (Wildman–Crippen MR) is 98.7 cm³/mol. The van der Waals surface area contributed by atoms with Gasteiger partial charge in [-0.05, 0) is 23.3 Å². The quantitative estimate of drug-likeness (QED) is 0.603. The van der Waals surface area contributed by atoms with Crippen LogP contribution >= 0.6 is 11.3 Å². The predicted octanol–water partition coefficient (Wildman–Crippen LogP) is 3.12. The van der Waals surface area contributed by atoms with E-state index in [1.165, 1.54) is 11.3 Å². The first kappa shape index (κ1) is 16.2. The Morgan fingerprint density at radius 3 is 2.58 bits per heavy atom. The van der Waals surface area contributed by atoms with Crippen molar-refractivity contribution in [3.05, 3.63) is 66.4 Å². The maximum Gasteiger partial charge on any atom is 0.240 e. The molecular formula is C18H18N4OS. The number of nitrogens with zero attached hydrogens (tertiary/aromatic N) is 1. The number of hydrogen-bond acceptors (Lipinski definition) is 5. The van der Waals surface area contributed by atoms with Crippen LogP contribution in [0.15, 0.2) is 60.8 Å². The average molecular weight is 338 g/mol. The van der Waals surface area contributed by atoms with Gasteiger partial charge in [0.15, 0.2) is 5.13 Å². The summed E-state index contributed by atoms with van der Waals surface area (Å²) in [5.74, 6) is -0.107. The molecule has 0 unspecified atom stereocenters. The molecule has 0 radical (unpaired) electrons. The minimum absolute atomic E-state index is 0.107. The van der Waals surface area contributed by atoms with E-state index < -0.39 is 0 Å². The molecule has 1 amide bonds. The van der Waals surface area contributed by atoms with Crippen molar-refractivity contribution in [3.8, 4) is 10.4 Å². The standard InChI is InChI=1S/C18H18N4OS/c19-15-8-6-14(7-9-15)16-11-21-18(24-16)22-17(23)12-20-10-13-4-2-1-3-5-13/h1-9,11,20H,10,12,19H2,(H,21,22,23). The van der Waals surface area contributed by atoms with E-state index in [9.17, 15) is 4.79 Å². The maximum atomic E-state index is 12.0. The molecule has 0 spiro atoms. The van der Waals surface area contributed by atoms with Crippen molar-refractivity contribution in [1.82, 2.24) is 10.3 Å². The molecule has 4 N–H and O–H groups in total. The van der Waals surface area contributed by atoms with Crippen molar-refractivity contribution < 1.29 is 4.79 Å². The van der Waals surface area contributed by atoms with Crippen molar-refractivity contribution in [1.29, 1.82) is 0 Å². The molecule has 0 saturated carbocycles. The number of nitrogens with one attached hydrogen (secondary N) is 2. The van der Waals surface area contributed by atoms with Gasteiger partial charge in [0.25, 0.3) is 0 Å². The van der Waals surface area contributed by atoms with E-state index in [4.69, 9.17) is 5.73 Å². The van der Waals surface area contributed by atoms with Crippen LogP contribution in [0.3, 0.4) is 0 Å². The molecule has 5 nitrogen and oxygen atoms in total. The number of amides is 1. The van der Waals surface area contributed by atoms with E-state index >= 15 is 0 Å². The minimum Gasteiger partial charge on any atom is -0.399 e. The van der Waals surface area contributed by atoms with Crippen LogP contribution < -0.4 is 16.4 Å². The SMILES string of the molecule is Nc1ccc(-c2cnc(NC(=O)CNCc3ccccc3)s2)cc1. The first-order valence-corrected chi connectivity index (χ1v) is 8.38. The summed E-state index contributed by atoms with van der Waals surface area (Å²) in [6.45, 7) is 0.897. The number of carbonyl (C=O) groups excluding carboxylic acids is 1. The molecule has 1 heterocycles. The van der Waals surface area contributed by atoms with Gasteiger partial charge in [-0.1, -0.05) is 53.8 Å². The van der Waals surface area contributed by atoms with Gasteiger partial charge in [0.05, 0.1) is 11.4 Å². The van der Waals surface area contributed by atoms with Crippen molar-refractivity contribution in [2.75, 3.05) is 17.6 Å². The van der Waals surface area contributed by atoms with Crippen LogP contribution in [0.1, 0.15) is 5.56 Å². The number of hydrogen-bond donors (Lipinski definition) is 3. The van der Waals surface area contributed by atoms with E-state index in [1.807, 2.05) is 54.6 Å². The largest absolute Gasteiger partial charge is 0.399 e. The summed E-state index contributed by atoms with van der Waals surface area (Å²) in [4.78, 5) is 17.2. The van der Waals surface area contributed by atoms with Gasteiger partial charge in [-0.2, -0.15) is 0 Å². The number of rotatable bonds is 6. The van der Waals surface area contributed by atoms with Crippen LogP contribution in [0.5, 0.6) is 0 Å². The summed E-state index contributed by atoms with van der Waals surface area (Å²) in [6.07, 6.45) is 1.75. The van der Waals surface area contributed by atoms with E-state index in [1.54, 1.807) is 6.20 Å². The van der Waals surface area contributed by atoms with Gasteiger partial charge in [0, 0.05) is 18.4 Å². The zero-order chi connectivity index (χ0) is 16.8. The molecule has 3 rings (SSSR count). The second kappa shape index (κ2) is 7.72. The molecular weight excluding hydrogens is 320 g/mol. The smallest absolute Gasteiger partial charge is 0.240 e. The van der Waals surface area contributed by atoms with Crippen molar-refractivity contribution in [2.45, 2.75) is 6.54 Å². The Bertz CT molecular complexity index is 799. The zero-order valence-corrected chi connectivity index (χ0v) is 13.8. The maximum absolute atomic E-state index is 12.0. The van der Waals surface area contributed by atoms with Gasteiger partial charge < -0.3 is 16.4 Å². The summed E-state index contributed by atoms with van der Waals surface area (Å²) < 4.78 is 0. The van der Waals surface area contributed by atoms with Crippen LogP contribution in [0, 0.1) is 0 Å². The van der Waals surface area contributed by atoms with E-state index in [-0.39, 0.29) is 12.5 Å². The Kier molecular flexibility index (Phi) is 5.20. The number of nitrogens with two attached hydrogens (primary N) is 1. The fourth-order valence-corrected chi connectivity index (χ4v) is 3.03. The third kappa shape index (κ3) is 4.41. The van der Waals surface area contributed by atoms with Crippen molar-refractivity contribution in [2.24, 2.45) is 0 Å². The molecule has 6 heteroatoms. The van der Waals surface area contributed by atoms with E-state index in [2.05, 4.69) is 15.6 Å². The average Bonchev–Trinajstić information content (AvgIpc) is 3.05. The number of anilines is 2. The number of benzene rings is 2. The molecule has 2 aromatic carbocycles. The van der Waals surface area contributed by atoms with Gasteiger partial charge >= 0.3 is 0 Å². The van der Waals surface area contributed by atoms with Gasteiger partial charge in [0.2, 0.25) is 5.91 Å². The fraction of sp³-hybridized carbons (Fsp3) is 0.111. The summed E-state index contributed by atoms with van der Waals surface area (Å²) in [5.41, 5.74) is 8.59. The van der Waals surface area contributed by atoms with Crippen molar-refractivity contribution >= 4 is 28.1 Å². The molecule has 0 bridgehead atoms. The topological polar surface area (TPSA) is 80.0 Å². The number of carbonyl (C=O) groups is 1. The van der Waals surface area contributed by atoms with E-state index in [0.717, 1.165) is 21.7 Å². The molecule has 1 aromatic heterocycles. The third-order valence-electron chi connectivity index (χ3n) is 3.40. The van der Waals surface area contributed by atoms with Gasteiger partial charge in [-0.15, -0.1) is 0 Å². The van der Waals surface area contributed by atoms with Gasteiger partial charge in [-0.3, -0.25) is 4.79 Å².